The summed E-state index contributed by atoms with van der Waals surface area (Å²) in [5.41, 5.74) is 7.49. The van der Waals surface area contributed by atoms with E-state index in [1.54, 1.807) is 0 Å². The van der Waals surface area contributed by atoms with E-state index in [9.17, 15) is 5.11 Å². The molecule has 1 fully saturated rings. The fraction of sp³-hybridized carbons (Fsp3) is 0.438. The lowest BCUT2D eigenvalue weighted by atomic mass is 9.98. The minimum atomic E-state index is -0.455. The van der Waals surface area contributed by atoms with Crippen LogP contribution in [0.4, 0.5) is 0 Å². The van der Waals surface area contributed by atoms with Gasteiger partial charge in [0.05, 0.1) is 24.0 Å². The summed E-state index contributed by atoms with van der Waals surface area (Å²) in [6.45, 7) is 0.339. The quantitative estimate of drug-likeness (QED) is 0.895. The Balaban J connectivity index is 1.65. The lowest BCUT2D eigenvalue weighted by Crippen LogP contribution is -2.44. The van der Waals surface area contributed by atoms with Gasteiger partial charge in [0.1, 0.15) is 0 Å². The highest BCUT2D eigenvalue weighted by atomic mass is 16.5. The van der Waals surface area contributed by atoms with Crippen LogP contribution < -0.4 is 5.73 Å². The Morgan fingerprint density at radius 1 is 1.24 bits per heavy atom. The van der Waals surface area contributed by atoms with Crippen molar-refractivity contribution in [3.8, 4) is 11.3 Å². The molecule has 0 spiro atoms. The zero-order valence-corrected chi connectivity index (χ0v) is 11.8. The van der Waals surface area contributed by atoms with Gasteiger partial charge in [-0.1, -0.05) is 35.5 Å². The molecule has 0 radical (unpaired) electrons. The van der Waals surface area contributed by atoms with Crippen LogP contribution in [-0.2, 0) is 11.2 Å². The highest BCUT2D eigenvalue weighted by molar-refractivity contribution is 5.56. The summed E-state index contributed by atoms with van der Waals surface area (Å²) in [5.74, 6) is 0.761. The predicted molar refractivity (Wildman–Crippen MR) is 78.6 cm³/mol. The van der Waals surface area contributed by atoms with Gasteiger partial charge in [0.15, 0.2) is 5.76 Å². The van der Waals surface area contributed by atoms with Crippen molar-refractivity contribution in [2.45, 2.75) is 37.6 Å². The minimum Gasteiger partial charge on any atom is -0.390 e. The maximum Gasteiger partial charge on any atom is 0.167 e. The van der Waals surface area contributed by atoms with E-state index in [2.05, 4.69) is 5.16 Å². The van der Waals surface area contributed by atoms with Crippen LogP contribution in [0.3, 0.4) is 0 Å². The number of nitrogens with two attached hydrogens (primary N) is 1. The summed E-state index contributed by atoms with van der Waals surface area (Å²) in [6.07, 6.45) is 1.52. The van der Waals surface area contributed by atoms with E-state index >= 15 is 0 Å². The molecule has 3 N–H and O–H groups in total. The Labute approximate surface area is 123 Å². The second kappa shape index (κ2) is 6.39. The minimum absolute atomic E-state index is 0.0377. The first-order valence-electron chi connectivity index (χ1n) is 7.31. The summed E-state index contributed by atoms with van der Waals surface area (Å²) in [4.78, 5) is 0. The Kier molecular flexibility index (Phi) is 4.34. The number of hydrogen-bond acceptors (Lipinski definition) is 5. The molecule has 5 heteroatoms. The van der Waals surface area contributed by atoms with Crippen molar-refractivity contribution < 1.29 is 14.4 Å². The van der Waals surface area contributed by atoms with E-state index < -0.39 is 6.10 Å². The molecule has 1 aliphatic rings. The smallest absolute Gasteiger partial charge is 0.167 e. The number of aromatic nitrogens is 1. The molecule has 112 valence electrons. The molecule has 0 amide bonds. The Morgan fingerprint density at radius 2 is 2.05 bits per heavy atom. The first kappa shape index (κ1) is 14.3. The van der Waals surface area contributed by atoms with Gasteiger partial charge in [0.2, 0.25) is 0 Å². The van der Waals surface area contributed by atoms with E-state index in [0.717, 1.165) is 29.9 Å². The van der Waals surface area contributed by atoms with Crippen molar-refractivity contribution in [2.75, 3.05) is 6.54 Å². The van der Waals surface area contributed by atoms with Crippen molar-refractivity contribution in [1.29, 1.82) is 0 Å². The fourth-order valence-electron chi connectivity index (χ4n) is 2.69. The van der Waals surface area contributed by atoms with E-state index in [-0.39, 0.29) is 12.2 Å². The predicted octanol–water partition coefficient (Wildman–Crippen LogP) is 1.75. The van der Waals surface area contributed by atoms with Gasteiger partial charge in [-0.05, 0) is 12.8 Å². The monoisotopic (exact) mass is 288 g/mol. The Hall–Kier alpha value is -1.69. The Bertz CT molecular complexity index is 570. The first-order chi connectivity index (χ1) is 10.3. The highest BCUT2D eigenvalue weighted by Crippen LogP contribution is 2.24. The molecule has 1 aromatic heterocycles. The molecule has 0 aliphatic carbocycles. The zero-order chi connectivity index (χ0) is 14.7. The second-order valence-corrected chi connectivity index (χ2v) is 5.43. The van der Waals surface area contributed by atoms with Crippen LogP contribution in [0.15, 0.2) is 40.9 Å². The van der Waals surface area contributed by atoms with E-state index in [0.29, 0.717) is 13.0 Å². The summed E-state index contributed by atoms with van der Waals surface area (Å²) in [6, 6.07) is 11.8. The van der Waals surface area contributed by atoms with Gasteiger partial charge >= 0.3 is 0 Å². The van der Waals surface area contributed by atoms with Gasteiger partial charge in [-0.15, -0.1) is 0 Å². The molecule has 5 nitrogen and oxygen atoms in total. The largest absolute Gasteiger partial charge is 0.390 e. The van der Waals surface area contributed by atoms with Crippen LogP contribution in [0.2, 0.25) is 0 Å². The molecule has 1 saturated heterocycles. The number of nitrogens with zero attached hydrogens (tertiary/aromatic N) is 1. The average molecular weight is 288 g/mol. The molecular weight excluding hydrogens is 268 g/mol. The van der Waals surface area contributed by atoms with Crippen LogP contribution in [-0.4, -0.2) is 35.1 Å². The average Bonchev–Trinajstić information content (AvgIpc) is 2.98. The Morgan fingerprint density at radius 3 is 2.81 bits per heavy atom. The lowest BCUT2D eigenvalue weighted by Gasteiger charge is -2.32. The van der Waals surface area contributed by atoms with Crippen molar-refractivity contribution in [3.63, 3.8) is 0 Å². The number of aliphatic hydroxyl groups excluding tert-OH is 1. The van der Waals surface area contributed by atoms with Crippen molar-refractivity contribution in [2.24, 2.45) is 5.73 Å². The molecule has 2 aromatic rings. The van der Waals surface area contributed by atoms with Crippen LogP contribution in [0.1, 0.15) is 18.5 Å². The van der Waals surface area contributed by atoms with Crippen molar-refractivity contribution in [3.05, 3.63) is 42.1 Å². The lowest BCUT2D eigenvalue weighted by molar-refractivity contribution is -0.111. The molecule has 2 heterocycles. The third kappa shape index (κ3) is 3.32. The second-order valence-electron chi connectivity index (χ2n) is 5.43. The third-order valence-corrected chi connectivity index (χ3v) is 3.87. The number of benzene rings is 1. The van der Waals surface area contributed by atoms with Crippen LogP contribution >= 0.6 is 0 Å². The molecule has 0 bridgehead atoms. The molecule has 21 heavy (non-hydrogen) atoms. The zero-order valence-electron chi connectivity index (χ0n) is 11.8. The summed E-state index contributed by atoms with van der Waals surface area (Å²) >= 11 is 0. The summed E-state index contributed by atoms with van der Waals surface area (Å²) in [5, 5.41) is 13.9. The maximum absolute atomic E-state index is 9.77. The number of ether oxygens (including phenoxy) is 1. The highest BCUT2D eigenvalue weighted by Gasteiger charge is 2.29. The van der Waals surface area contributed by atoms with Crippen LogP contribution in [0, 0.1) is 0 Å². The number of rotatable bonds is 4. The third-order valence-electron chi connectivity index (χ3n) is 3.87. The van der Waals surface area contributed by atoms with Crippen LogP contribution in [0.5, 0.6) is 0 Å². The van der Waals surface area contributed by atoms with Gasteiger partial charge in [-0.3, -0.25) is 0 Å². The molecule has 1 aromatic carbocycles. The van der Waals surface area contributed by atoms with Gasteiger partial charge in [0, 0.05) is 24.6 Å². The van der Waals surface area contributed by atoms with E-state index in [1.807, 2.05) is 36.4 Å². The van der Waals surface area contributed by atoms with Gasteiger partial charge in [-0.2, -0.15) is 0 Å². The SMILES string of the molecule is NC[C@H]1O[C@H](Cc2cc(-c3ccccc3)on2)CC[C@@H]1O. The van der Waals surface area contributed by atoms with Crippen LogP contribution in [0.25, 0.3) is 11.3 Å². The number of aliphatic hydroxyl groups is 1. The topological polar surface area (TPSA) is 81.5 Å². The van der Waals surface area contributed by atoms with Crippen molar-refractivity contribution in [1.82, 2.24) is 5.16 Å². The number of hydrogen-bond donors (Lipinski definition) is 2. The first-order valence-corrected chi connectivity index (χ1v) is 7.31. The van der Waals surface area contributed by atoms with E-state index in [4.69, 9.17) is 15.0 Å². The molecule has 1 aliphatic heterocycles. The van der Waals surface area contributed by atoms with Gasteiger partial charge < -0.3 is 20.1 Å². The standard InChI is InChI=1S/C16H20N2O3/c17-10-16-14(19)7-6-13(20-16)8-12-9-15(21-18-12)11-4-2-1-3-5-11/h1-5,9,13-14,16,19H,6-8,10,17H2/t13-,14-,16+/m0/s1. The molecule has 3 atom stereocenters. The van der Waals surface area contributed by atoms with Gasteiger partial charge in [0.25, 0.3) is 0 Å². The normalized spacial score (nSPS) is 25.9. The molecule has 0 saturated carbocycles. The van der Waals surface area contributed by atoms with Crippen molar-refractivity contribution >= 4 is 0 Å². The molecular formula is C16H20N2O3. The summed E-state index contributed by atoms with van der Waals surface area (Å²) < 4.78 is 11.2. The summed E-state index contributed by atoms with van der Waals surface area (Å²) in [7, 11) is 0. The van der Waals surface area contributed by atoms with E-state index in [1.165, 1.54) is 0 Å². The van der Waals surface area contributed by atoms with Gasteiger partial charge in [-0.25, -0.2) is 0 Å². The fourth-order valence-corrected chi connectivity index (χ4v) is 2.69. The molecule has 3 rings (SSSR count). The maximum atomic E-state index is 9.77. The molecule has 0 unspecified atom stereocenters.